The monoisotopic (exact) mass is 1030 g/mol. The van der Waals surface area contributed by atoms with Gasteiger partial charge in [-0.1, -0.05) is 261 Å². The molecule has 0 heterocycles. The standard InChI is InChI=1S/C63H119N2O6P/c1-6-8-10-12-14-16-18-20-22-24-26-27-28-29-30-31-32-33-34-35-36-37-39-41-43-45-47-49-51-53-55-57-63(67)64-61(60-71-72(68,69)70-59-58-65(3,4)5)62(66)56-54-52-50-48-46-44-42-40-38-25-23-21-19-17-15-13-11-9-7-2/h26-27,29-30,38,40,46,48,54,56,61-62,66H,6-25,28,31-37,39,41-45,47,49-53,55,57-60H2,1-5H3,(H-,64,67,68,69)/p+1/b27-26-,30-29-,40-38+,48-46+,56-54+. The molecule has 0 aliphatic heterocycles. The van der Waals surface area contributed by atoms with Crippen LogP contribution >= 0.6 is 7.82 Å². The van der Waals surface area contributed by atoms with Crippen LogP contribution in [-0.2, 0) is 18.4 Å². The number of nitrogens with one attached hydrogen (secondary N) is 1. The highest BCUT2D eigenvalue weighted by molar-refractivity contribution is 7.47. The number of allylic oxidation sites excluding steroid dienone is 9. The molecule has 0 aromatic rings. The van der Waals surface area contributed by atoms with Crippen molar-refractivity contribution in [1.82, 2.24) is 5.32 Å². The van der Waals surface area contributed by atoms with E-state index in [4.69, 9.17) is 9.05 Å². The lowest BCUT2D eigenvalue weighted by atomic mass is 10.0. The molecule has 0 bridgehead atoms. The summed E-state index contributed by atoms with van der Waals surface area (Å²) in [6, 6.07) is -0.872. The average molecular weight is 1030 g/mol. The first-order chi connectivity index (χ1) is 35.0. The van der Waals surface area contributed by atoms with E-state index < -0.39 is 20.0 Å². The molecule has 3 unspecified atom stereocenters. The summed E-state index contributed by atoms with van der Waals surface area (Å²) in [4.78, 5) is 23.3. The summed E-state index contributed by atoms with van der Waals surface area (Å²) in [6.07, 6.45) is 73.4. The van der Waals surface area contributed by atoms with E-state index in [0.717, 1.165) is 51.4 Å². The lowest BCUT2D eigenvalue weighted by Gasteiger charge is -2.25. The zero-order valence-electron chi connectivity index (χ0n) is 48.2. The van der Waals surface area contributed by atoms with Crippen molar-refractivity contribution < 1.29 is 32.9 Å². The molecule has 9 heteroatoms. The molecular weight excluding hydrogens is 912 g/mol. The van der Waals surface area contributed by atoms with Gasteiger partial charge in [0.25, 0.3) is 0 Å². The van der Waals surface area contributed by atoms with Gasteiger partial charge in [-0.25, -0.2) is 4.57 Å². The Morgan fingerprint density at radius 3 is 1.19 bits per heavy atom. The minimum Gasteiger partial charge on any atom is -0.387 e. The Morgan fingerprint density at radius 2 is 0.806 bits per heavy atom. The van der Waals surface area contributed by atoms with Crippen molar-refractivity contribution >= 4 is 13.7 Å². The Hall–Kier alpha value is -1.80. The predicted octanol–water partition coefficient (Wildman–Crippen LogP) is 18.9. The number of aliphatic hydroxyl groups excluding tert-OH is 1. The molecule has 0 aliphatic carbocycles. The number of rotatable bonds is 56. The number of carbonyl (C=O) groups is 1. The van der Waals surface area contributed by atoms with Crippen LogP contribution < -0.4 is 5.32 Å². The number of unbranched alkanes of at least 4 members (excludes halogenated alkanes) is 35. The van der Waals surface area contributed by atoms with E-state index in [1.165, 1.54) is 212 Å². The van der Waals surface area contributed by atoms with Crippen molar-refractivity contribution in [3.63, 3.8) is 0 Å². The first-order valence-electron chi connectivity index (χ1n) is 30.7. The smallest absolute Gasteiger partial charge is 0.387 e. The number of nitrogens with zero attached hydrogens (tertiary/aromatic N) is 1. The van der Waals surface area contributed by atoms with Crippen molar-refractivity contribution in [3.05, 3.63) is 60.8 Å². The van der Waals surface area contributed by atoms with E-state index in [1.807, 2.05) is 27.2 Å². The van der Waals surface area contributed by atoms with Gasteiger partial charge in [0, 0.05) is 6.42 Å². The summed E-state index contributed by atoms with van der Waals surface area (Å²) in [6.45, 7) is 4.81. The van der Waals surface area contributed by atoms with Crippen LogP contribution in [0.2, 0.25) is 0 Å². The first-order valence-corrected chi connectivity index (χ1v) is 32.2. The summed E-state index contributed by atoms with van der Waals surface area (Å²) in [5.41, 5.74) is 0. The van der Waals surface area contributed by atoms with Crippen molar-refractivity contribution in [2.24, 2.45) is 0 Å². The van der Waals surface area contributed by atoms with Crippen LogP contribution in [-0.4, -0.2) is 73.4 Å². The van der Waals surface area contributed by atoms with Gasteiger partial charge in [0.15, 0.2) is 0 Å². The number of amides is 1. The zero-order valence-corrected chi connectivity index (χ0v) is 49.1. The molecule has 0 radical (unpaired) electrons. The van der Waals surface area contributed by atoms with Crippen LogP contribution in [0.4, 0.5) is 0 Å². The van der Waals surface area contributed by atoms with E-state index in [0.29, 0.717) is 17.4 Å². The molecule has 0 saturated carbocycles. The van der Waals surface area contributed by atoms with E-state index in [1.54, 1.807) is 6.08 Å². The summed E-state index contributed by atoms with van der Waals surface area (Å²) in [5.74, 6) is -0.189. The number of quaternary nitrogens is 1. The number of phosphoric ester groups is 1. The third-order valence-corrected chi connectivity index (χ3v) is 14.7. The molecule has 3 atom stereocenters. The van der Waals surface area contributed by atoms with E-state index in [9.17, 15) is 19.4 Å². The van der Waals surface area contributed by atoms with Gasteiger partial charge in [-0.05, 0) is 77.0 Å². The summed E-state index contributed by atoms with van der Waals surface area (Å²) in [7, 11) is 1.55. The fraction of sp³-hybridized carbons (Fsp3) is 0.825. The highest BCUT2D eigenvalue weighted by atomic mass is 31.2. The molecule has 0 saturated heterocycles. The van der Waals surface area contributed by atoms with E-state index >= 15 is 0 Å². The molecule has 0 fully saturated rings. The number of likely N-dealkylation sites (N-methyl/N-ethyl adjacent to an activating group) is 1. The van der Waals surface area contributed by atoms with Crippen LogP contribution in [0.3, 0.4) is 0 Å². The van der Waals surface area contributed by atoms with Crippen LogP contribution in [0.5, 0.6) is 0 Å². The highest BCUT2D eigenvalue weighted by Gasteiger charge is 2.27. The fourth-order valence-electron chi connectivity index (χ4n) is 8.87. The van der Waals surface area contributed by atoms with Crippen LogP contribution in [0.25, 0.3) is 0 Å². The van der Waals surface area contributed by atoms with Crippen molar-refractivity contribution in [2.45, 2.75) is 296 Å². The van der Waals surface area contributed by atoms with Gasteiger partial charge in [-0.3, -0.25) is 13.8 Å². The molecule has 0 spiro atoms. The van der Waals surface area contributed by atoms with Gasteiger partial charge in [-0.15, -0.1) is 0 Å². The van der Waals surface area contributed by atoms with Gasteiger partial charge in [-0.2, -0.15) is 0 Å². The molecule has 422 valence electrons. The normalized spacial score (nSPS) is 14.3. The predicted molar refractivity (Wildman–Crippen MR) is 314 cm³/mol. The minimum atomic E-state index is -4.36. The number of carbonyl (C=O) groups excluding carboxylic acids is 1. The topological polar surface area (TPSA) is 105 Å². The molecule has 0 aliphatic rings. The van der Waals surface area contributed by atoms with Crippen LogP contribution in [0, 0.1) is 0 Å². The average Bonchev–Trinajstić information content (AvgIpc) is 3.34. The SMILES string of the molecule is CCCCCCCCCCC/C=C\C/C=C\CCCCCCCCCCCCCCCCCC(=O)NC(COP(=O)(O)OCC[N+](C)(C)C)C(O)/C=C/CC/C=C/CC/C=C/CCCCCCCCCCC. The zero-order chi connectivity index (χ0) is 52.7. The highest BCUT2D eigenvalue weighted by Crippen LogP contribution is 2.43. The Labute approximate surface area is 447 Å². The fourth-order valence-corrected chi connectivity index (χ4v) is 9.61. The van der Waals surface area contributed by atoms with Gasteiger partial charge in [0.05, 0.1) is 39.9 Å². The second-order valence-corrected chi connectivity index (χ2v) is 23.5. The molecule has 0 aromatic heterocycles. The van der Waals surface area contributed by atoms with E-state index in [-0.39, 0.29) is 19.1 Å². The van der Waals surface area contributed by atoms with Gasteiger partial charge in [0.1, 0.15) is 13.2 Å². The number of phosphoric acid groups is 1. The molecule has 3 N–H and O–H groups in total. The quantitative estimate of drug-likeness (QED) is 0.0243. The van der Waals surface area contributed by atoms with Crippen molar-refractivity contribution in [3.8, 4) is 0 Å². The second kappa shape index (κ2) is 54.0. The molecule has 1 amide bonds. The molecular formula is C63H120N2O6P+. The van der Waals surface area contributed by atoms with Crippen molar-refractivity contribution in [1.29, 1.82) is 0 Å². The third kappa shape index (κ3) is 55.9. The number of aliphatic hydroxyl groups is 1. The minimum absolute atomic E-state index is 0.0526. The van der Waals surface area contributed by atoms with Crippen LogP contribution in [0.15, 0.2) is 60.8 Å². The summed E-state index contributed by atoms with van der Waals surface area (Å²) in [5, 5.41) is 13.9. The third-order valence-electron chi connectivity index (χ3n) is 13.7. The largest absolute Gasteiger partial charge is 0.472 e. The lowest BCUT2D eigenvalue weighted by molar-refractivity contribution is -0.870. The van der Waals surface area contributed by atoms with Gasteiger partial charge >= 0.3 is 7.82 Å². The van der Waals surface area contributed by atoms with Crippen LogP contribution in [0.1, 0.15) is 284 Å². The molecule has 8 nitrogen and oxygen atoms in total. The van der Waals surface area contributed by atoms with Gasteiger partial charge in [0.2, 0.25) is 5.91 Å². The maximum atomic E-state index is 13.0. The summed E-state index contributed by atoms with van der Waals surface area (Å²) < 4.78 is 23.7. The summed E-state index contributed by atoms with van der Waals surface area (Å²) >= 11 is 0. The molecule has 72 heavy (non-hydrogen) atoms. The van der Waals surface area contributed by atoms with Gasteiger partial charge < -0.3 is 19.8 Å². The lowest BCUT2D eigenvalue weighted by Crippen LogP contribution is -2.45. The maximum absolute atomic E-state index is 13.0. The maximum Gasteiger partial charge on any atom is 0.472 e. The Balaban J connectivity index is 4.16. The Kier molecular flexibility index (Phi) is 52.7. The van der Waals surface area contributed by atoms with E-state index in [2.05, 4.69) is 67.8 Å². The molecule has 0 aromatic carbocycles. The number of hydrogen-bond acceptors (Lipinski definition) is 5. The number of hydrogen-bond donors (Lipinski definition) is 3. The first kappa shape index (κ1) is 70.2. The molecule has 0 rings (SSSR count). The second-order valence-electron chi connectivity index (χ2n) is 22.1. The van der Waals surface area contributed by atoms with Crippen molar-refractivity contribution in [2.75, 3.05) is 40.9 Å². The Bertz CT molecular complexity index is 1360. The Morgan fingerprint density at radius 1 is 0.472 bits per heavy atom.